The zero-order chi connectivity index (χ0) is 23.1. The summed E-state index contributed by atoms with van der Waals surface area (Å²) < 4.78 is 15.6. The average Bonchev–Trinajstić information content (AvgIpc) is 3.38. The van der Waals surface area contributed by atoms with Crippen LogP contribution in [0, 0.1) is 6.92 Å². The quantitative estimate of drug-likeness (QED) is 0.361. The van der Waals surface area contributed by atoms with Gasteiger partial charge in [-0.3, -0.25) is 9.78 Å². The van der Waals surface area contributed by atoms with Crippen LogP contribution in [0.5, 0.6) is 0 Å². The molecule has 0 atom stereocenters. The molecule has 0 unspecified atom stereocenters. The van der Waals surface area contributed by atoms with E-state index in [9.17, 15) is 14.4 Å². The Bertz CT molecular complexity index is 1110. The second kappa shape index (κ2) is 10.9. The van der Waals surface area contributed by atoms with E-state index in [1.807, 2.05) is 0 Å². The second-order valence-electron chi connectivity index (χ2n) is 6.13. The molecule has 10 nitrogen and oxygen atoms in total. The minimum absolute atomic E-state index is 0.0577. The molecule has 0 saturated heterocycles. The molecule has 0 aliphatic heterocycles. The standard InChI is InChI=1S/C20H20N4O6S2/c1-4-28-18(26)14-11(3)15(19(27)29-5-2)32-17(14)22-13(25)10-31-20-24-23-16(30-20)12-8-6-7-9-21-12/h6-9H,4-5,10H2,1-3H3,(H,22,25). The van der Waals surface area contributed by atoms with Gasteiger partial charge in [-0.05, 0) is 38.5 Å². The Labute approximate surface area is 191 Å². The van der Waals surface area contributed by atoms with Gasteiger partial charge in [0.2, 0.25) is 5.91 Å². The van der Waals surface area contributed by atoms with E-state index in [4.69, 9.17) is 13.9 Å². The molecule has 1 N–H and O–H groups in total. The minimum atomic E-state index is -0.628. The Morgan fingerprint density at radius 2 is 1.88 bits per heavy atom. The SMILES string of the molecule is CCOC(=O)c1sc(NC(=O)CSc2nnc(-c3ccccn3)o2)c(C(=O)OCC)c1C. The fraction of sp³-hybridized carbons (Fsp3) is 0.300. The molecule has 3 aromatic heterocycles. The summed E-state index contributed by atoms with van der Waals surface area (Å²) in [7, 11) is 0. The number of nitrogens with one attached hydrogen (secondary N) is 1. The van der Waals surface area contributed by atoms with Crippen molar-refractivity contribution in [3.8, 4) is 11.6 Å². The number of aromatic nitrogens is 3. The van der Waals surface area contributed by atoms with E-state index >= 15 is 0 Å². The smallest absolute Gasteiger partial charge is 0.348 e. The van der Waals surface area contributed by atoms with Crippen LogP contribution in [0.4, 0.5) is 5.00 Å². The van der Waals surface area contributed by atoms with E-state index < -0.39 is 17.8 Å². The third-order valence-corrected chi connectivity index (χ3v) is 5.96. The number of hydrogen-bond acceptors (Lipinski definition) is 11. The van der Waals surface area contributed by atoms with Crippen molar-refractivity contribution in [1.82, 2.24) is 15.2 Å². The van der Waals surface area contributed by atoms with Crippen LogP contribution in [0.1, 0.15) is 39.4 Å². The Kier molecular flexibility index (Phi) is 7.95. The summed E-state index contributed by atoms with van der Waals surface area (Å²) in [6, 6.07) is 5.29. The van der Waals surface area contributed by atoms with Crippen LogP contribution in [0.25, 0.3) is 11.6 Å². The lowest BCUT2D eigenvalue weighted by Gasteiger charge is -2.06. The van der Waals surface area contributed by atoms with Gasteiger partial charge in [-0.15, -0.1) is 21.5 Å². The highest BCUT2D eigenvalue weighted by molar-refractivity contribution is 7.99. The van der Waals surface area contributed by atoms with Crippen LogP contribution in [0.3, 0.4) is 0 Å². The molecule has 1 amide bonds. The zero-order valence-electron chi connectivity index (χ0n) is 17.5. The molecular weight excluding hydrogens is 456 g/mol. The molecule has 0 aliphatic rings. The summed E-state index contributed by atoms with van der Waals surface area (Å²) in [5.74, 6) is -1.43. The van der Waals surface area contributed by atoms with Gasteiger partial charge in [0, 0.05) is 6.20 Å². The Hall–Kier alpha value is -3.25. The van der Waals surface area contributed by atoms with Crippen LogP contribution >= 0.6 is 23.1 Å². The molecule has 0 radical (unpaired) electrons. The lowest BCUT2D eigenvalue weighted by atomic mass is 10.1. The zero-order valence-corrected chi connectivity index (χ0v) is 19.2. The predicted octanol–water partition coefficient (Wildman–Crippen LogP) is 3.59. The van der Waals surface area contributed by atoms with E-state index in [-0.39, 0.29) is 45.5 Å². The van der Waals surface area contributed by atoms with E-state index in [0.717, 1.165) is 23.1 Å². The summed E-state index contributed by atoms with van der Waals surface area (Å²) in [5, 5.41) is 10.9. The molecule has 0 saturated carbocycles. The van der Waals surface area contributed by atoms with E-state index in [0.29, 0.717) is 11.3 Å². The molecular formula is C20H20N4O6S2. The number of carbonyl (C=O) groups excluding carboxylic acids is 3. The number of hydrogen-bond donors (Lipinski definition) is 1. The third-order valence-electron chi connectivity index (χ3n) is 3.96. The Balaban J connectivity index is 1.71. The van der Waals surface area contributed by atoms with Crippen LogP contribution in [-0.4, -0.2) is 52.0 Å². The maximum Gasteiger partial charge on any atom is 0.348 e. The highest BCUT2D eigenvalue weighted by Gasteiger charge is 2.27. The number of nitrogens with zero attached hydrogens (tertiary/aromatic N) is 3. The molecule has 0 fully saturated rings. The van der Waals surface area contributed by atoms with Gasteiger partial charge in [0.05, 0.1) is 24.5 Å². The summed E-state index contributed by atoms with van der Waals surface area (Å²) >= 11 is 1.99. The van der Waals surface area contributed by atoms with E-state index in [1.165, 1.54) is 0 Å². The van der Waals surface area contributed by atoms with Crippen LogP contribution in [0.2, 0.25) is 0 Å². The van der Waals surface area contributed by atoms with Gasteiger partial charge in [-0.1, -0.05) is 17.8 Å². The van der Waals surface area contributed by atoms with Gasteiger partial charge in [-0.2, -0.15) is 0 Å². The average molecular weight is 477 g/mol. The topological polar surface area (TPSA) is 134 Å². The monoisotopic (exact) mass is 476 g/mol. The highest BCUT2D eigenvalue weighted by Crippen LogP contribution is 2.34. The van der Waals surface area contributed by atoms with E-state index in [1.54, 1.807) is 45.2 Å². The maximum atomic E-state index is 12.5. The van der Waals surface area contributed by atoms with Gasteiger partial charge >= 0.3 is 11.9 Å². The number of rotatable bonds is 9. The lowest BCUT2D eigenvalue weighted by Crippen LogP contribution is -2.16. The maximum absolute atomic E-state index is 12.5. The summed E-state index contributed by atoms with van der Waals surface area (Å²) in [6.45, 7) is 5.31. The number of thioether (sulfide) groups is 1. The highest BCUT2D eigenvalue weighted by atomic mass is 32.2. The molecule has 0 spiro atoms. The minimum Gasteiger partial charge on any atom is -0.462 e. The van der Waals surface area contributed by atoms with Crippen molar-refractivity contribution in [2.24, 2.45) is 0 Å². The second-order valence-corrected chi connectivity index (χ2v) is 8.07. The van der Waals surface area contributed by atoms with Gasteiger partial charge in [0.15, 0.2) is 0 Å². The van der Waals surface area contributed by atoms with Crippen molar-refractivity contribution in [1.29, 1.82) is 0 Å². The lowest BCUT2D eigenvalue weighted by molar-refractivity contribution is -0.113. The first kappa shape index (κ1) is 23.4. The number of thiophene rings is 1. The number of pyridine rings is 1. The van der Waals surface area contributed by atoms with Crippen molar-refractivity contribution in [3.05, 3.63) is 40.4 Å². The van der Waals surface area contributed by atoms with Gasteiger partial charge in [0.25, 0.3) is 11.1 Å². The predicted molar refractivity (Wildman–Crippen MR) is 118 cm³/mol. The normalized spacial score (nSPS) is 10.6. The summed E-state index contributed by atoms with van der Waals surface area (Å²) in [6.07, 6.45) is 1.61. The molecule has 3 heterocycles. The van der Waals surface area contributed by atoms with Crippen molar-refractivity contribution < 1.29 is 28.3 Å². The first-order valence-electron chi connectivity index (χ1n) is 9.59. The van der Waals surface area contributed by atoms with Crippen molar-refractivity contribution in [3.63, 3.8) is 0 Å². The largest absolute Gasteiger partial charge is 0.462 e. The number of esters is 2. The van der Waals surface area contributed by atoms with Gasteiger partial charge in [-0.25, -0.2) is 9.59 Å². The molecule has 0 aromatic carbocycles. The Morgan fingerprint density at radius 1 is 1.12 bits per heavy atom. The van der Waals surface area contributed by atoms with Crippen LogP contribution in [0.15, 0.2) is 34.0 Å². The van der Waals surface area contributed by atoms with E-state index in [2.05, 4.69) is 20.5 Å². The molecule has 168 valence electrons. The number of amides is 1. The first-order valence-corrected chi connectivity index (χ1v) is 11.4. The molecule has 0 bridgehead atoms. The molecule has 32 heavy (non-hydrogen) atoms. The van der Waals surface area contributed by atoms with Crippen LogP contribution < -0.4 is 5.32 Å². The van der Waals surface area contributed by atoms with Crippen molar-refractivity contribution >= 4 is 45.9 Å². The summed E-state index contributed by atoms with van der Waals surface area (Å²) in [4.78, 5) is 41.5. The summed E-state index contributed by atoms with van der Waals surface area (Å²) in [5.41, 5.74) is 1.05. The molecule has 3 aromatic rings. The van der Waals surface area contributed by atoms with Crippen molar-refractivity contribution in [2.75, 3.05) is 24.3 Å². The molecule has 12 heteroatoms. The van der Waals surface area contributed by atoms with Crippen molar-refractivity contribution in [2.45, 2.75) is 26.0 Å². The fourth-order valence-electron chi connectivity index (χ4n) is 2.59. The molecule has 0 aliphatic carbocycles. The number of carbonyl (C=O) groups is 3. The number of anilines is 1. The first-order chi connectivity index (χ1) is 15.4. The van der Waals surface area contributed by atoms with Crippen LogP contribution in [-0.2, 0) is 14.3 Å². The Morgan fingerprint density at radius 3 is 2.56 bits per heavy atom. The third kappa shape index (κ3) is 5.51. The fourth-order valence-corrected chi connectivity index (χ4v) is 4.26. The van der Waals surface area contributed by atoms with Gasteiger partial charge < -0.3 is 19.2 Å². The number of ether oxygens (including phenoxy) is 2. The van der Waals surface area contributed by atoms with Gasteiger partial charge in [0.1, 0.15) is 15.6 Å². The molecule has 3 rings (SSSR count).